The molecule has 2 rings (SSSR count). The molecule has 0 saturated heterocycles. The van der Waals surface area contributed by atoms with E-state index in [-0.39, 0.29) is 11.9 Å². The molecule has 0 aliphatic rings. The Bertz CT molecular complexity index is 496. The van der Waals surface area contributed by atoms with E-state index in [1.165, 1.54) is 0 Å². The van der Waals surface area contributed by atoms with Gasteiger partial charge in [-0.15, -0.1) is 11.8 Å². The van der Waals surface area contributed by atoms with Crippen molar-refractivity contribution in [1.82, 2.24) is 15.0 Å². The number of nitrogen functional groups attached to an aromatic ring is 2. The number of nitrogens with two attached hydrogens (primary N) is 2. The van der Waals surface area contributed by atoms with Gasteiger partial charge < -0.3 is 11.5 Å². The molecule has 0 radical (unpaired) electrons. The van der Waals surface area contributed by atoms with Crippen molar-refractivity contribution in [3.05, 3.63) is 34.6 Å². The standard InChI is InChI=1S/C10H10BrN5S/c11-6-1-3-7(4-2-6)17-5-8-14-9(12)16-10(13)15-8/h1-4H,5H2,(H4,12,13,14,15,16). The van der Waals surface area contributed by atoms with Gasteiger partial charge in [-0.3, -0.25) is 0 Å². The molecular formula is C10H10BrN5S. The van der Waals surface area contributed by atoms with Crippen LogP contribution in [0.1, 0.15) is 5.82 Å². The molecule has 0 amide bonds. The Kier molecular flexibility index (Phi) is 3.80. The third-order valence-electron chi connectivity index (χ3n) is 1.90. The van der Waals surface area contributed by atoms with Crippen LogP contribution in [0.15, 0.2) is 33.6 Å². The number of halogens is 1. The molecule has 5 nitrogen and oxygen atoms in total. The largest absolute Gasteiger partial charge is 0.368 e. The summed E-state index contributed by atoms with van der Waals surface area (Å²) in [5.41, 5.74) is 11.0. The fraction of sp³-hybridized carbons (Fsp3) is 0.100. The van der Waals surface area contributed by atoms with Crippen LogP contribution in [0, 0.1) is 0 Å². The number of benzene rings is 1. The molecule has 0 atom stereocenters. The molecule has 0 aliphatic carbocycles. The molecule has 17 heavy (non-hydrogen) atoms. The lowest BCUT2D eigenvalue weighted by molar-refractivity contribution is 0.988. The van der Waals surface area contributed by atoms with Crippen molar-refractivity contribution in [1.29, 1.82) is 0 Å². The molecule has 88 valence electrons. The predicted molar refractivity (Wildman–Crippen MR) is 72.4 cm³/mol. The maximum absolute atomic E-state index is 5.49. The van der Waals surface area contributed by atoms with E-state index in [0.29, 0.717) is 11.6 Å². The van der Waals surface area contributed by atoms with Crippen molar-refractivity contribution < 1.29 is 0 Å². The third-order valence-corrected chi connectivity index (χ3v) is 3.43. The van der Waals surface area contributed by atoms with E-state index in [4.69, 9.17) is 11.5 Å². The van der Waals surface area contributed by atoms with Crippen molar-refractivity contribution in [3.63, 3.8) is 0 Å². The normalized spacial score (nSPS) is 10.4. The zero-order chi connectivity index (χ0) is 12.3. The van der Waals surface area contributed by atoms with Crippen LogP contribution in [0.5, 0.6) is 0 Å². The lowest BCUT2D eigenvalue weighted by Crippen LogP contribution is -2.05. The van der Waals surface area contributed by atoms with Gasteiger partial charge in [0.25, 0.3) is 0 Å². The van der Waals surface area contributed by atoms with Crippen LogP contribution < -0.4 is 11.5 Å². The van der Waals surface area contributed by atoms with E-state index in [2.05, 4.69) is 30.9 Å². The summed E-state index contributed by atoms with van der Waals surface area (Å²) in [6, 6.07) is 8.00. The summed E-state index contributed by atoms with van der Waals surface area (Å²) in [5.74, 6) is 1.51. The number of rotatable bonds is 3. The van der Waals surface area contributed by atoms with Crippen molar-refractivity contribution >= 4 is 39.6 Å². The first-order valence-electron chi connectivity index (χ1n) is 4.78. The number of nitrogens with zero attached hydrogens (tertiary/aromatic N) is 3. The number of hydrogen-bond acceptors (Lipinski definition) is 6. The van der Waals surface area contributed by atoms with E-state index < -0.39 is 0 Å². The quantitative estimate of drug-likeness (QED) is 0.843. The monoisotopic (exact) mass is 311 g/mol. The van der Waals surface area contributed by atoms with Crippen LogP contribution in [0.4, 0.5) is 11.9 Å². The van der Waals surface area contributed by atoms with Gasteiger partial charge in [-0.25, -0.2) is 0 Å². The summed E-state index contributed by atoms with van der Waals surface area (Å²) in [7, 11) is 0. The lowest BCUT2D eigenvalue weighted by Gasteiger charge is -2.02. The van der Waals surface area contributed by atoms with Gasteiger partial charge >= 0.3 is 0 Å². The van der Waals surface area contributed by atoms with Crippen LogP contribution in [0.25, 0.3) is 0 Å². The minimum Gasteiger partial charge on any atom is -0.368 e. The second-order valence-corrected chi connectivity index (χ2v) is 5.18. The molecule has 0 bridgehead atoms. The highest BCUT2D eigenvalue weighted by Gasteiger charge is 2.03. The Balaban J connectivity index is 2.04. The average Bonchev–Trinajstić information content (AvgIpc) is 2.27. The number of anilines is 2. The molecule has 0 unspecified atom stereocenters. The average molecular weight is 312 g/mol. The van der Waals surface area contributed by atoms with Crippen LogP contribution in [0.3, 0.4) is 0 Å². The van der Waals surface area contributed by atoms with Gasteiger partial charge in [0.1, 0.15) is 5.82 Å². The summed E-state index contributed by atoms with van der Waals surface area (Å²) in [5, 5.41) is 0. The number of hydrogen-bond donors (Lipinski definition) is 2. The Morgan fingerprint density at radius 3 is 2.18 bits per heavy atom. The minimum absolute atomic E-state index is 0.156. The maximum atomic E-state index is 5.49. The molecule has 2 aromatic rings. The van der Waals surface area contributed by atoms with Gasteiger partial charge in [-0.2, -0.15) is 15.0 Å². The summed E-state index contributed by atoms with van der Waals surface area (Å²) < 4.78 is 1.05. The molecular weight excluding hydrogens is 302 g/mol. The Morgan fingerprint density at radius 2 is 1.59 bits per heavy atom. The fourth-order valence-electron chi connectivity index (χ4n) is 1.20. The molecule has 0 saturated carbocycles. The molecule has 0 aliphatic heterocycles. The second kappa shape index (κ2) is 5.33. The van der Waals surface area contributed by atoms with E-state index in [1.54, 1.807) is 11.8 Å². The first-order chi connectivity index (χ1) is 8.13. The third kappa shape index (κ3) is 3.57. The van der Waals surface area contributed by atoms with Gasteiger partial charge in [-0.05, 0) is 24.3 Å². The van der Waals surface area contributed by atoms with Crippen LogP contribution in [-0.2, 0) is 5.75 Å². The molecule has 4 N–H and O–H groups in total. The van der Waals surface area contributed by atoms with Crippen molar-refractivity contribution in [2.45, 2.75) is 10.6 Å². The topological polar surface area (TPSA) is 90.7 Å². The SMILES string of the molecule is Nc1nc(N)nc(CSc2ccc(Br)cc2)n1. The highest BCUT2D eigenvalue weighted by atomic mass is 79.9. The van der Waals surface area contributed by atoms with Crippen molar-refractivity contribution in [2.24, 2.45) is 0 Å². The van der Waals surface area contributed by atoms with Crippen LogP contribution in [0.2, 0.25) is 0 Å². The van der Waals surface area contributed by atoms with Gasteiger partial charge in [0.15, 0.2) is 0 Å². The highest BCUT2D eigenvalue weighted by Crippen LogP contribution is 2.23. The molecule has 1 aromatic heterocycles. The van der Waals surface area contributed by atoms with E-state index in [0.717, 1.165) is 9.37 Å². The van der Waals surface area contributed by atoms with E-state index in [1.807, 2.05) is 24.3 Å². The van der Waals surface area contributed by atoms with Crippen LogP contribution >= 0.6 is 27.7 Å². The van der Waals surface area contributed by atoms with Gasteiger partial charge in [0, 0.05) is 9.37 Å². The molecule has 7 heteroatoms. The molecule has 0 fully saturated rings. The predicted octanol–water partition coefficient (Wildman–Crippen LogP) is 2.09. The Hall–Kier alpha value is -1.34. The summed E-state index contributed by atoms with van der Waals surface area (Å²) >= 11 is 5.00. The molecule has 1 heterocycles. The van der Waals surface area contributed by atoms with Gasteiger partial charge in [0.05, 0.1) is 5.75 Å². The second-order valence-electron chi connectivity index (χ2n) is 3.21. The number of thioether (sulfide) groups is 1. The summed E-state index contributed by atoms with van der Waals surface area (Å²) in [6.07, 6.45) is 0. The van der Waals surface area contributed by atoms with Gasteiger partial charge in [-0.1, -0.05) is 15.9 Å². The first-order valence-corrected chi connectivity index (χ1v) is 6.55. The maximum Gasteiger partial charge on any atom is 0.225 e. The lowest BCUT2D eigenvalue weighted by atomic mass is 10.4. The Morgan fingerprint density at radius 1 is 1.00 bits per heavy atom. The first kappa shape index (κ1) is 12.1. The smallest absolute Gasteiger partial charge is 0.225 e. The van der Waals surface area contributed by atoms with E-state index >= 15 is 0 Å². The van der Waals surface area contributed by atoms with Crippen LogP contribution in [-0.4, -0.2) is 15.0 Å². The fourth-order valence-corrected chi connectivity index (χ4v) is 2.22. The number of aromatic nitrogens is 3. The van der Waals surface area contributed by atoms with E-state index in [9.17, 15) is 0 Å². The van der Waals surface area contributed by atoms with Crippen molar-refractivity contribution in [2.75, 3.05) is 11.5 Å². The summed E-state index contributed by atoms with van der Waals surface area (Å²) in [4.78, 5) is 12.9. The zero-order valence-electron chi connectivity index (χ0n) is 8.80. The molecule has 1 aromatic carbocycles. The van der Waals surface area contributed by atoms with Crippen molar-refractivity contribution in [3.8, 4) is 0 Å². The minimum atomic E-state index is 0.156. The molecule has 0 spiro atoms. The highest BCUT2D eigenvalue weighted by molar-refractivity contribution is 9.10. The Labute approximate surface area is 111 Å². The zero-order valence-corrected chi connectivity index (χ0v) is 11.2. The summed E-state index contributed by atoms with van der Waals surface area (Å²) in [6.45, 7) is 0. The van der Waals surface area contributed by atoms with Gasteiger partial charge in [0.2, 0.25) is 11.9 Å².